The van der Waals surface area contributed by atoms with Crippen molar-refractivity contribution in [1.29, 1.82) is 5.26 Å². The van der Waals surface area contributed by atoms with Crippen LogP contribution < -0.4 is 5.32 Å². The zero-order valence-corrected chi connectivity index (χ0v) is 9.99. The maximum atomic E-state index is 11.8. The zero-order valence-electron chi connectivity index (χ0n) is 9.99. The van der Waals surface area contributed by atoms with E-state index in [1.54, 1.807) is 19.1 Å². The molecular formula is C14H16N2O. The van der Waals surface area contributed by atoms with Gasteiger partial charge < -0.3 is 5.32 Å². The van der Waals surface area contributed by atoms with Gasteiger partial charge in [0.25, 0.3) is 0 Å². The first-order valence-corrected chi connectivity index (χ1v) is 5.91. The van der Waals surface area contributed by atoms with E-state index in [4.69, 9.17) is 5.26 Å². The molecule has 0 amide bonds. The van der Waals surface area contributed by atoms with Crippen molar-refractivity contribution in [3.8, 4) is 6.07 Å². The Morgan fingerprint density at radius 3 is 2.65 bits per heavy atom. The van der Waals surface area contributed by atoms with Crippen molar-refractivity contribution in [2.75, 3.05) is 6.54 Å². The van der Waals surface area contributed by atoms with Gasteiger partial charge in [0, 0.05) is 0 Å². The zero-order chi connectivity index (χ0) is 12.3. The summed E-state index contributed by atoms with van der Waals surface area (Å²) >= 11 is 0. The first-order chi connectivity index (χ1) is 8.16. The van der Waals surface area contributed by atoms with Crippen LogP contribution in [0.15, 0.2) is 24.3 Å². The summed E-state index contributed by atoms with van der Waals surface area (Å²) in [6.45, 7) is 2.57. The van der Waals surface area contributed by atoms with Gasteiger partial charge in [-0.1, -0.05) is 12.1 Å². The maximum absolute atomic E-state index is 11.8. The van der Waals surface area contributed by atoms with Gasteiger partial charge in [0.2, 0.25) is 0 Å². The van der Waals surface area contributed by atoms with Crippen molar-refractivity contribution >= 4 is 5.78 Å². The van der Waals surface area contributed by atoms with E-state index in [0.717, 1.165) is 24.9 Å². The predicted octanol–water partition coefficient (Wildman–Crippen LogP) is 1.81. The normalized spacial score (nSPS) is 23.3. The highest BCUT2D eigenvalue weighted by molar-refractivity contribution is 5.86. The number of benzene rings is 1. The van der Waals surface area contributed by atoms with Crippen molar-refractivity contribution in [1.82, 2.24) is 5.32 Å². The van der Waals surface area contributed by atoms with E-state index in [1.807, 2.05) is 12.1 Å². The highest BCUT2D eigenvalue weighted by atomic mass is 16.1. The van der Waals surface area contributed by atoms with Crippen molar-refractivity contribution in [3.05, 3.63) is 35.4 Å². The number of Topliss-reactive ketones (excluding diaryl/α,β-unsaturated/α-hetero) is 1. The van der Waals surface area contributed by atoms with Gasteiger partial charge in [-0.15, -0.1) is 0 Å². The number of hydrogen-bond donors (Lipinski definition) is 1. The van der Waals surface area contributed by atoms with Crippen LogP contribution in [0.3, 0.4) is 0 Å². The van der Waals surface area contributed by atoms with Gasteiger partial charge in [0.1, 0.15) is 5.78 Å². The van der Waals surface area contributed by atoms with Crippen LogP contribution in [-0.4, -0.2) is 17.9 Å². The van der Waals surface area contributed by atoms with Crippen molar-refractivity contribution in [2.45, 2.75) is 31.7 Å². The molecule has 0 aliphatic carbocycles. The van der Waals surface area contributed by atoms with Crippen molar-refractivity contribution < 1.29 is 4.79 Å². The van der Waals surface area contributed by atoms with Crippen LogP contribution in [0.4, 0.5) is 0 Å². The van der Waals surface area contributed by atoms with E-state index in [0.29, 0.717) is 12.0 Å². The third-order valence-corrected chi connectivity index (χ3v) is 3.51. The third kappa shape index (κ3) is 2.37. The SMILES string of the molecule is CC(=O)C1(Cc2ccc(C#N)cc2)CCCN1. The van der Waals surface area contributed by atoms with Crippen LogP contribution in [0.5, 0.6) is 0 Å². The summed E-state index contributed by atoms with van der Waals surface area (Å²) in [7, 11) is 0. The number of carbonyl (C=O) groups is 1. The maximum Gasteiger partial charge on any atom is 0.150 e. The molecule has 1 atom stereocenters. The molecule has 1 unspecified atom stereocenters. The molecule has 1 aliphatic rings. The summed E-state index contributed by atoms with van der Waals surface area (Å²) in [6, 6.07) is 9.57. The molecule has 0 radical (unpaired) electrons. The first-order valence-electron chi connectivity index (χ1n) is 5.91. The number of nitrogens with one attached hydrogen (secondary N) is 1. The summed E-state index contributed by atoms with van der Waals surface area (Å²) in [5.74, 6) is 0.208. The topological polar surface area (TPSA) is 52.9 Å². The largest absolute Gasteiger partial charge is 0.305 e. The van der Waals surface area contributed by atoms with Gasteiger partial charge in [-0.3, -0.25) is 4.79 Å². The summed E-state index contributed by atoms with van der Waals surface area (Å²) in [6.07, 6.45) is 2.67. The average molecular weight is 228 g/mol. The third-order valence-electron chi connectivity index (χ3n) is 3.51. The molecule has 0 saturated carbocycles. The van der Waals surface area contributed by atoms with Crippen LogP contribution >= 0.6 is 0 Å². The van der Waals surface area contributed by atoms with Crippen LogP contribution in [0.25, 0.3) is 0 Å². The highest BCUT2D eigenvalue weighted by Crippen LogP contribution is 2.25. The molecule has 1 aliphatic heterocycles. The molecule has 0 spiro atoms. The van der Waals surface area contributed by atoms with Crippen LogP contribution in [0.1, 0.15) is 30.9 Å². The Bertz CT molecular complexity index is 450. The molecule has 17 heavy (non-hydrogen) atoms. The first kappa shape index (κ1) is 11.8. The minimum absolute atomic E-state index is 0.208. The summed E-state index contributed by atoms with van der Waals surface area (Å²) in [5, 5.41) is 12.1. The quantitative estimate of drug-likeness (QED) is 0.858. The van der Waals surface area contributed by atoms with E-state index in [2.05, 4.69) is 11.4 Å². The van der Waals surface area contributed by atoms with E-state index in [9.17, 15) is 4.79 Å². The molecule has 0 bridgehead atoms. The Balaban J connectivity index is 2.18. The van der Waals surface area contributed by atoms with Gasteiger partial charge in [-0.25, -0.2) is 0 Å². The van der Waals surface area contributed by atoms with Crippen LogP contribution in [-0.2, 0) is 11.2 Å². The Kier molecular flexibility index (Phi) is 3.26. The summed E-state index contributed by atoms with van der Waals surface area (Å²) in [5.41, 5.74) is 1.38. The molecule has 1 aromatic rings. The lowest BCUT2D eigenvalue weighted by atomic mass is 9.86. The second-order valence-corrected chi connectivity index (χ2v) is 4.65. The minimum atomic E-state index is -0.381. The fourth-order valence-corrected chi connectivity index (χ4v) is 2.43. The Morgan fingerprint density at radius 2 is 2.18 bits per heavy atom. The standard InChI is InChI=1S/C14H16N2O/c1-11(17)14(7-2-8-16-14)9-12-3-5-13(10-15)6-4-12/h3-6,16H,2,7-9H2,1H3. The Labute approximate surface area is 101 Å². The molecule has 1 saturated heterocycles. The Hall–Kier alpha value is -1.66. The van der Waals surface area contributed by atoms with Gasteiger partial charge >= 0.3 is 0 Å². The molecule has 1 fully saturated rings. The van der Waals surface area contributed by atoms with Crippen LogP contribution in [0, 0.1) is 11.3 Å². The fourth-order valence-electron chi connectivity index (χ4n) is 2.43. The average Bonchev–Trinajstić information content (AvgIpc) is 2.80. The van der Waals surface area contributed by atoms with E-state index >= 15 is 0 Å². The number of hydrogen-bond acceptors (Lipinski definition) is 3. The number of ketones is 1. The van der Waals surface area contributed by atoms with Crippen molar-refractivity contribution in [3.63, 3.8) is 0 Å². The van der Waals surface area contributed by atoms with Gasteiger partial charge in [0.05, 0.1) is 17.2 Å². The highest BCUT2D eigenvalue weighted by Gasteiger charge is 2.37. The number of nitriles is 1. The second kappa shape index (κ2) is 4.68. The summed E-state index contributed by atoms with van der Waals surface area (Å²) in [4.78, 5) is 11.8. The molecule has 1 aromatic carbocycles. The monoisotopic (exact) mass is 228 g/mol. The minimum Gasteiger partial charge on any atom is -0.305 e. The fraction of sp³-hybridized carbons (Fsp3) is 0.429. The lowest BCUT2D eigenvalue weighted by molar-refractivity contribution is -0.122. The molecule has 3 heteroatoms. The lowest BCUT2D eigenvalue weighted by Crippen LogP contribution is -2.48. The smallest absolute Gasteiger partial charge is 0.150 e. The lowest BCUT2D eigenvalue weighted by Gasteiger charge is -2.26. The second-order valence-electron chi connectivity index (χ2n) is 4.65. The number of carbonyl (C=O) groups excluding carboxylic acids is 1. The summed E-state index contributed by atoms with van der Waals surface area (Å²) < 4.78 is 0. The predicted molar refractivity (Wildman–Crippen MR) is 65.5 cm³/mol. The van der Waals surface area contributed by atoms with E-state index in [1.165, 1.54) is 0 Å². The van der Waals surface area contributed by atoms with Gasteiger partial charge in [-0.2, -0.15) is 5.26 Å². The van der Waals surface area contributed by atoms with E-state index < -0.39 is 0 Å². The van der Waals surface area contributed by atoms with Gasteiger partial charge in [0.15, 0.2) is 0 Å². The van der Waals surface area contributed by atoms with Crippen molar-refractivity contribution in [2.24, 2.45) is 0 Å². The molecule has 3 nitrogen and oxygen atoms in total. The molecule has 2 rings (SSSR count). The van der Waals surface area contributed by atoms with E-state index in [-0.39, 0.29) is 11.3 Å². The molecule has 1 heterocycles. The molecular weight excluding hydrogens is 212 g/mol. The number of rotatable bonds is 3. The van der Waals surface area contributed by atoms with Gasteiger partial charge in [-0.05, 0) is 50.4 Å². The van der Waals surface area contributed by atoms with Crippen LogP contribution in [0.2, 0.25) is 0 Å². The molecule has 0 aromatic heterocycles. The Morgan fingerprint density at radius 1 is 1.47 bits per heavy atom. The molecule has 88 valence electrons. The molecule has 1 N–H and O–H groups in total. The number of nitrogens with zero attached hydrogens (tertiary/aromatic N) is 1.